The number of ether oxygens (including phenoxy) is 1. The van der Waals surface area contributed by atoms with Gasteiger partial charge in [0.15, 0.2) is 0 Å². The standard InChI is InChI=1S/C32H23NO/c1-34-21-16-14-20(15-17-21)22-18-19-26-25-10-4-7-13-29(25)32(30(26)31(22)33)27-11-5-2-8-23(27)24-9-3-6-12-28(24)32/h2-19H,33H2,1H3. The Balaban J connectivity index is 1.61. The van der Waals surface area contributed by atoms with Gasteiger partial charge in [0.05, 0.1) is 12.5 Å². The minimum Gasteiger partial charge on any atom is -0.497 e. The lowest BCUT2D eigenvalue weighted by Crippen LogP contribution is -2.27. The van der Waals surface area contributed by atoms with Crippen LogP contribution in [0.3, 0.4) is 0 Å². The van der Waals surface area contributed by atoms with Crippen LogP contribution in [0.1, 0.15) is 22.3 Å². The molecule has 162 valence electrons. The number of nitrogens with two attached hydrogens (primary N) is 1. The Labute approximate surface area is 199 Å². The van der Waals surface area contributed by atoms with Crippen molar-refractivity contribution in [1.82, 2.24) is 0 Å². The van der Waals surface area contributed by atoms with Crippen LogP contribution >= 0.6 is 0 Å². The first kappa shape index (κ1) is 19.2. The summed E-state index contributed by atoms with van der Waals surface area (Å²) in [6.45, 7) is 0. The van der Waals surface area contributed by atoms with E-state index in [1.807, 2.05) is 12.1 Å². The summed E-state index contributed by atoms with van der Waals surface area (Å²) in [5, 5.41) is 0. The van der Waals surface area contributed by atoms with E-state index in [-0.39, 0.29) is 0 Å². The molecule has 0 fully saturated rings. The molecule has 0 radical (unpaired) electrons. The molecule has 7 rings (SSSR count). The van der Waals surface area contributed by atoms with Crippen LogP contribution < -0.4 is 10.5 Å². The zero-order chi connectivity index (χ0) is 22.9. The Morgan fingerprint density at radius 2 is 1.00 bits per heavy atom. The normalized spacial score (nSPS) is 13.8. The van der Waals surface area contributed by atoms with E-state index < -0.39 is 5.41 Å². The Hall–Kier alpha value is -4.30. The zero-order valence-electron chi connectivity index (χ0n) is 18.9. The molecule has 0 amide bonds. The van der Waals surface area contributed by atoms with Crippen molar-refractivity contribution in [2.24, 2.45) is 0 Å². The van der Waals surface area contributed by atoms with Crippen molar-refractivity contribution in [3.8, 4) is 39.1 Å². The zero-order valence-corrected chi connectivity index (χ0v) is 18.9. The molecule has 0 atom stereocenters. The van der Waals surface area contributed by atoms with E-state index in [9.17, 15) is 0 Å². The first-order valence-corrected chi connectivity index (χ1v) is 11.6. The highest BCUT2D eigenvalue weighted by atomic mass is 16.5. The third-order valence-corrected chi connectivity index (χ3v) is 7.60. The Kier molecular flexibility index (Phi) is 3.87. The molecule has 1 spiro atoms. The van der Waals surface area contributed by atoms with Crippen LogP contribution in [0.2, 0.25) is 0 Å². The number of anilines is 1. The number of nitrogen functional groups attached to an aromatic ring is 1. The number of hydrogen-bond acceptors (Lipinski definition) is 2. The summed E-state index contributed by atoms with van der Waals surface area (Å²) in [4.78, 5) is 0. The molecule has 0 saturated carbocycles. The minimum atomic E-state index is -0.425. The number of methoxy groups -OCH3 is 1. The largest absolute Gasteiger partial charge is 0.497 e. The summed E-state index contributed by atoms with van der Waals surface area (Å²) in [6, 6.07) is 39.0. The lowest BCUT2D eigenvalue weighted by atomic mass is 9.69. The molecular formula is C32H23NO. The van der Waals surface area contributed by atoms with Crippen LogP contribution in [0.25, 0.3) is 33.4 Å². The van der Waals surface area contributed by atoms with E-state index >= 15 is 0 Å². The maximum Gasteiger partial charge on any atom is 0.118 e. The lowest BCUT2D eigenvalue weighted by molar-refractivity contribution is 0.415. The van der Waals surface area contributed by atoms with Crippen molar-refractivity contribution in [2.75, 3.05) is 12.8 Å². The molecule has 0 saturated heterocycles. The van der Waals surface area contributed by atoms with Crippen LogP contribution in [0, 0.1) is 0 Å². The lowest BCUT2D eigenvalue weighted by Gasteiger charge is -2.32. The second-order valence-corrected chi connectivity index (χ2v) is 9.06. The molecule has 2 aliphatic carbocycles. The van der Waals surface area contributed by atoms with Crippen molar-refractivity contribution in [1.29, 1.82) is 0 Å². The second-order valence-electron chi connectivity index (χ2n) is 9.06. The van der Waals surface area contributed by atoms with Crippen molar-refractivity contribution in [3.63, 3.8) is 0 Å². The number of benzene rings is 5. The van der Waals surface area contributed by atoms with Gasteiger partial charge in [-0.2, -0.15) is 0 Å². The van der Waals surface area contributed by atoms with Gasteiger partial charge in [0.1, 0.15) is 5.75 Å². The van der Waals surface area contributed by atoms with Crippen LogP contribution in [-0.2, 0) is 5.41 Å². The van der Waals surface area contributed by atoms with Gasteiger partial charge in [-0.25, -0.2) is 0 Å². The Morgan fingerprint density at radius 1 is 0.529 bits per heavy atom. The highest BCUT2D eigenvalue weighted by Crippen LogP contribution is 2.64. The minimum absolute atomic E-state index is 0.425. The summed E-state index contributed by atoms with van der Waals surface area (Å²) in [6.07, 6.45) is 0. The molecule has 2 aliphatic rings. The summed E-state index contributed by atoms with van der Waals surface area (Å²) >= 11 is 0. The molecule has 2 heteroatoms. The molecule has 0 unspecified atom stereocenters. The first-order valence-electron chi connectivity index (χ1n) is 11.6. The maximum absolute atomic E-state index is 7.15. The fraction of sp³-hybridized carbons (Fsp3) is 0.0625. The van der Waals surface area contributed by atoms with Gasteiger partial charge in [-0.3, -0.25) is 0 Å². The van der Waals surface area contributed by atoms with E-state index in [4.69, 9.17) is 10.5 Å². The van der Waals surface area contributed by atoms with E-state index in [2.05, 4.69) is 97.1 Å². The number of fused-ring (bicyclic) bond motifs is 10. The molecule has 0 aliphatic heterocycles. The highest BCUT2D eigenvalue weighted by Gasteiger charge is 2.52. The molecule has 5 aromatic rings. The molecule has 2 nitrogen and oxygen atoms in total. The average molecular weight is 438 g/mol. The van der Waals surface area contributed by atoms with Gasteiger partial charge in [0.2, 0.25) is 0 Å². The summed E-state index contributed by atoms with van der Waals surface area (Å²) in [5.41, 5.74) is 19.9. The van der Waals surface area contributed by atoms with E-state index in [1.54, 1.807) is 7.11 Å². The highest BCUT2D eigenvalue weighted by molar-refractivity contribution is 6.00. The fourth-order valence-electron chi connectivity index (χ4n) is 6.24. The van der Waals surface area contributed by atoms with Gasteiger partial charge >= 0.3 is 0 Å². The first-order chi connectivity index (χ1) is 16.7. The molecule has 5 aromatic carbocycles. The Morgan fingerprint density at radius 3 is 1.53 bits per heavy atom. The van der Waals surface area contributed by atoms with Gasteiger partial charge < -0.3 is 10.5 Å². The summed E-state index contributed by atoms with van der Waals surface area (Å²) in [5.74, 6) is 0.839. The van der Waals surface area contributed by atoms with Crippen molar-refractivity contribution < 1.29 is 4.74 Å². The van der Waals surface area contributed by atoms with Crippen LogP contribution in [-0.4, -0.2) is 7.11 Å². The summed E-state index contributed by atoms with van der Waals surface area (Å²) < 4.78 is 5.37. The fourth-order valence-corrected chi connectivity index (χ4v) is 6.24. The molecule has 0 aromatic heterocycles. The quantitative estimate of drug-likeness (QED) is 0.288. The van der Waals surface area contributed by atoms with Crippen molar-refractivity contribution >= 4 is 5.69 Å². The van der Waals surface area contributed by atoms with Gasteiger partial charge in [-0.15, -0.1) is 0 Å². The number of rotatable bonds is 2. The SMILES string of the molecule is COc1ccc(-c2ccc3c(c2N)C2(c4ccccc4-c4ccccc42)c2ccccc2-3)cc1. The topological polar surface area (TPSA) is 35.2 Å². The van der Waals surface area contributed by atoms with Crippen molar-refractivity contribution in [2.45, 2.75) is 5.41 Å². The predicted molar refractivity (Wildman–Crippen MR) is 139 cm³/mol. The Bertz CT molecular complexity index is 1530. The summed E-state index contributed by atoms with van der Waals surface area (Å²) in [7, 11) is 1.69. The van der Waals surface area contributed by atoms with Gasteiger partial charge in [-0.1, -0.05) is 97.1 Å². The molecular weight excluding hydrogens is 414 g/mol. The predicted octanol–water partition coefficient (Wildman–Crippen LogP) is 7.29. The molecule has 0 bridgehead atoms. The second kappa shape index (κ2) is 6.85. The van der Waals surface area contributed by atoms with E-state index in [0.29, 0.717) is 0 Å². The van der Waals surface area contributed by atoms with Crippen LogP contribution in [0.4, 0.5) is 5.69 Å². The van der Waals surface area contributed by atoms with E-state index in [1.165, 1.54) is 44.5 Å². The van der Waals surface area contributed by atoms with Crippen LogP contribution in [0.15, 0.2) is 109 Å². The average Bonchev–Trinajstić information content (AvgIpc) is 3.37. The third kappa shape index (κ3) is 2.25. The maximum atomic E-state index is 7.15. The molecule has 0 heterocycles. The van der Waals surface area contributed by atoms with Gasteiger partial charge in [0, 0.05) is 16.8 Å². The smallest absolute Gasteiger partial charge is 0.118 e. The number of hydrogen-bond donors (Lipinski definition) is 1. The van der Waals surface area contributed by atoms with Crippen molar-refractivity contribution in [3.05, 3.63) is 131 Å². The van der Waals surface area contributed by atoms with Crippen LogP contribution in [0.5, 0.6) is 5.75 Å². The third-order valence-electron chi connectivity index (χ3n) is 7.60. The van der Waals surface area contributed by atoms with Gasteiger partial charge in [-0.05, 0) is 56.6 Å². The van der Waals surface area contributed by atoms with E-state index in [0.717, 1.165) is 22.6 Å². The van der Waals surface area contributed by atoms with Gasteiger partial charge in [0.25, 0.3) is 0 Å². The monoisotopic (exact) mass is 437 g/mol. The molecule has 2 N–H and O–H groups in total. The molecule has 34 heavy (non-hydrogen) atoms.